The number of aryl methyl sites for hydroxylation is 2. The Bertz CT molecular complexity index is 994. The summed E-state index contributed by atoms with van der Waals surface area (Å²) < 4.78 is 6.54. The molecule has 33 heavy (non-hydrogen) atoms. The van der Waals surface area contributed by atoms with E-state index in [4.69, 9.17) is 4.74 Å². The molecule has 3 heterocycles. The van der Waals surface area contributed by atoms with Crippen LogP contribution in [0.1, 0.15) is 44.7 Å². The number of amides is 3. The number of likely N-dealkylation sites (tertiary alicyclic amines) is 1. The first-order valence-electron chi connectivity index (χ1n) is 11.7. The molecule has 1 aromatic carbocycles. The fourth-order valence-corrected chi connectivity index (χ4v) is 6.27. The standard InChI is InChI=1S/C25H35N3O5/c1-13(2)17(12-29)28-20(22(31)27-16-11-14(3)7-8-15(16)4)25-10-9-24(5,33-25)18(21(30)26-6)19(25)23(28)32/h7-8,11,13,17-20,29H,9-10,12H2,1-6H3,(H,26,30)(H,27,31)/t17-,18-,19-,20?,24+,25?/m0/s1. The summed E-state index contributed by atoms with van der Waals surface area (Å²) in [5, 5.41) is 15.9. The quantitative estimate of drug-likeness (QED) is 0.603. The summed E-state index contributed by atoms with van der Waals surface area (Å²) in [6, 6.07) is 4.31. The number of nitrogens with zero attached hydrogens (tertiary/aromatic N) is 1. The molecule has 1 aromatic rings. The molecule has 0 saturated carbocycles. The summed E-state index contributed by atoms with van der Waals surface area (Å²) in [6.07, 6.45) is 1.09. The van der Waals surface area contributed by atoms with Gasteiger partial charge in [0.15, 0.2) is 0 Å². The van der Waals surface area contributed by atoms with Gasteiger partial charge in [-0.3, -0.25) is 14.4 Å². The van der Waals surface area contributed by atoms with E-state index in [2.05, 4.69) is 10.6 Å². The summed E-state index contributed by atoms with van der Waals surface area (Å²) in [4.78, 5) is 42.2. The Morgan fingerprint density at radius 2 is 1.94 bits per heavy atom. The van der Waals surface area contributed by atoms with Crippen molar-refractivity contribution >= 4 is 23.4 Å². The molecule has 0 radical (unpaired) electrons. The second kappa shape index (κ2) is 8.09. The van der Waals surface area contributed by atoms with Crippen LogP contribution < -0.4 is 10.6 Å². The van der Waals surface area contributed by atoms with E-state index in [0.29, 0.717) is 18.5 Å². The van der Waals surface area contributed by atoms with Crippen molar-refractivity contribution in [3.05, 3.63) is 29.3 Å². The van der Waals surface area contributed by atoms with Gasteiger partial charge >= 0.3 is 0 Å². The van der Waals surface area contributed by atoms with Crippen molar-refractivity contribution in [1.82, 2.24) is 10.2 Å². The Labute approximate surface area is 195 Å². The van der Waals surface area contributed by atoms with Crippen molar-refractivity contribution in [2.24, 2.45) is 17.8 Å². The average molecular weight is 458 g/mol. The van der Waals surface area contributed by atoms with E-state index in [1.807, 2.05) is 52.8 Å². The highest BCUT2D eigenvalue weighted by Gasteiger charge is 2.78. The van der Waals surface area contributed by atoms with Gasteiger partial charge in [-0.15, -0.1) is 0 Å². The molecule has 8 nitrogen and oxygen atoms in total. The molecule has 3 amide bonds. The van der Waals surface area contributed by atoms with Crippen LogP contribution >= 0.6 is 0 Å². The third kappa shape index (κ3) is 3.37. The number of rotatable bonds is 6. The summed E-state index contributed by atoms with van der Waals surface area (Å²) in [5.74, 6) is -2.43. The van der Waals surface area contributed by atoms with E-state index < -0.39 is 35.1 Å². The van der Waals surface area contributed by atoms with Gasteiger partial charge in [-0.1, -0.05) is 26.0 Å². The van der Waals surface area contributed by atoms with Crippen molar-refractivity contribution in [1.29, 1.82) is 0 Å². The normalized spacial score (nSPS) is 33.4. The second-order valence-electron chi connectivity index (χ2n) is 10.4. The monoisotopic (exact) mass is 457 g/mol. The highest BCUT2D eigenvalue weighted by Crippen LogP contribution is 2.63. The Hall–Kier alpha value is -2.45. The molecule has 6 atom stereocenters. The largest absolute Gasteiger partial charge is 0.394 e. The van der Waals surface area contributed by atoms with Crippen molar-refractivity contribution in [2.75, 3.05) is 19.0 Å². The number of aliphatic hydroxyl groups is 1. The molecular formula is C25H35N3O5. The Balaban J connectivity index is 1.81. The summed E-state index contributed by atoms with van der Waals surface area (Å²) in [6.45, 7) is 9.28. The van der Waals surface area contributed by atoms with E-state index in [9.17, 15) is 19.5 Å². The third-order valence-corrected chi connectivity index (χ3v) is 7.96. The topological polar surface area (TPSA) is 108 Å². The van der Waals surface area contributed by atoms with Crippen LogP contribution in [0.3, 0.4) is 0 Å². The lowest BCUT2D eigenvalue weighted by Gasteiger charge is -2.38. The van der Waals surface area contributed by atoms with Crippen LogP contribution in [0.15, 0.2) is 18.2 Å². The first-order valence-corrected chi connectivity index (χ1v) is 11.7. The Morgan fingerprint density at radius 3 is 2.55 bits per heavy atom. The van der Waals surface area contributed by atoms with Crippen molar-refractivity contribution in [3.8, 4) is 0 Å². The van der Waals surface area contributed by atoms with Crippen LogP contribution in [0.2, 0.25) is 0 Å². The van der Waals surface area contributed by atoms with E-state index in [1.54, 1.807) is 7.05 Å². The maximum absolute atomic E-state index is 13.9. The lowest BCUT2D eigenvalue weighted by molar-refractivity contribution is -0.149. The molecule has 2 bridgehead atoms. The lowest BCUT2D eigenvalue weighted by Crippen LogP contribution is -2.57. The fraction of sp³-hybridized carbons (Fsp3) is 0.640. The smallest absolute Gasteiger partial charge is 0.250 e. The molecule has 0 aliphatic carbocycles. The first-order chi connectivity index (χ1) is 15.5. The number of ether oxygens (including phenoxy) is 1. The number of hydrogen-bond acceptors (Lipinski definition) is 5. The van der Waals surface area contributed by atoms with Gasteiger partial charge < -0.3 is 25.4 Å². The summed E-state index contributed by atoms with van der Waals surface area (Å²) in [5.41, 5.74) is 0.684. The fourth-order valence-electron chi connectivity index (χ4n) is 6.27. The zero-order chi connectivity index (χ0) is 24.3. The average Bonchev–Trinajstić information content (AvgIpc) is 3.32. The maximum atomic E-state index is 13.9. The number of carbonyl (C=O) groups is 3. The summed E-state index contributed by atoms with van der Waals surface area (Å²) in [7, 11) is 1.55. The number of benzene rings is 1. The first kappa shape index (κ1) is 23.7. The zero-order valence-electron chi connectivity index (χ0n) is 20.3. The van der Waals surface area contributed by atoms with Gasteiger partial charge in [-0.2, -0.15) is 0 Å². The third-order valence-electron chi connectivity index (χ3n) is 7.96. The maximum Gasteiger partial charge on any atom is 0.250 e. The zero-order valence-corrected chi connectivity index (χ0v) is 20.3. The van der Waals surface area contributed by atoms with Crippen molar-refractivity contribution in [2.45, 2.75) is 70.7 Å². The van der Waals surface area contributed by atoms with Gasteiger partial charge in [0, 0.05) is 12.7 Å². The van der Waals surface area contributed by atoms with Gasteiger partial charge in [0.2, 0.25) is 17.7 Å². The molecule has 180 valence electrons. The number of aliphatic hydroxyl groups excluding tert-OH is 1. The molecule has 3 aliphatic heterocycles. The van der Waals surface area contributed by atoms with Crippen molar-refractivity contribution in [3.63, 3.8) is 0 Å². The van der Waals surface area contributed by atoms with Gasteiger partial charge in [-0.05, 0) is 56.7 Å². The predicted molar refractivity (Wildman–Crippen MR) is 123 cm³/mol. The lowest BCUT2D eigenvalue weighted by atomic mass is 9.66. The molecule has 0 aromatic heterocycles. The Morgan fingerprint density at radius 1 is 1.24 bits per heavy atom. The number of nitrogens with one attached hydrogen (secondary N) is 2. The number of carbonyl (C=O) groups excluding carboxylic acids is 3. The molecule has 8 heteroatoms. The molecule has 3 aliphatic rings. The van der Waals surface area contributed by atoms with Crippen molar-refractivity contribution < 1.29 is 24.2 Å². The summed E-state index contributed by atoms with van der Waals surface area (Å²) >= 11 is 0. The molecule has 4 rings (SSSR count). The highest BCUT2D eigenvalue weighted by atomic mass is 16.5. The van der Waals surface area contributed by atoms with Crippen LogP contribution in [0.25, 0.3) is 0 Å². The minimum Gasteiger partial charge on any atom is -0.394 e. The van der Waals surface area contributed by atoms with E-state index in [-0.39, 0.29) is 30.2 Å². The predicted octanol–water partition coefficient (Wildman–Crippen LogP) is 1.77. The molecule has 3 fully saturated rings. The molecule has 3 saturated heterocycles. The van der Waals surface area contributed by atoms with E-state index in [1.165, 1.54) is 4.90 Å². The second-order valence-corrected chi connectivity index (χ2v) is 10.4. The molecule has 3 N–H and O–H groups in total. The number of anilines is 1. The van der Waals surface area contributed by atoms with Gasteiger partial charge in [0.25, 0.3) is 0 Å². The minimum absolute atomic E-state index is 0.0866. The van der Waals surface area contributed by atoms with E-state index in [0.717, 1.165) is 11.1 Å². The Kier molecular flexibility index (Phi) is 5.81. The molecular weight excluding hydrogens is 422 g/mol. The SMILES string of the molecule is CNC(=O)[C@@H]1[C@H]2C(=O)N([C@@H](CO)C(C)C)C(C(=O)Nc3cc(C)ccc3C)C23CC[C@@]1(C)O3. The van der Waals surface area contributed by atoms with Gasteiger partial charge in [-0.25, -0.2) is 0 Å². The van der Waals surface area contributed by atoms with Crippen LogP contribution in [0, 0.1) is 31.6 Å². The van der Waals surface area contributed by atoms with Crippen LogP contribution in [0.5, 0.6) is 0 Å². The van der Waals surface area contributed by atoms with Crippen LogP contribution in [0.4, 0.5) is 5.69 Å². The molecule has 2 unspecified atom stereocenters. The van der Waals surface area contributed by atoms with Gasteiger partial charge in [0.1, 0.15) is 11.6 Å². The number of hydrogen-bond donors (Lipinski definition) is 3. The van der Waals surface area contributed by atoms with Gasteiger partial charge in [0.05, 0.1) is 30.1 Å². The van der Waals surface area contributed by atoms with E-state index >= 15 is 0 Å². The highest BCUT2D eigenvalue weighted by molar-refractivity contribution is 6.04. The van der Waals surface area contributed by atoms with Crippen LogP contribution in [-0.2, 0) is 19.1 Å². The van der Waals surface area contributed by atoms with Crippen LogP contribution in [-0.4, -0.2) is 64.7 Å². The number of fused-ring (bicyclic) bond motifs is 1. The molecule has 1 spiro atoms. The minimum atomic E-state index is -1.10.